The molecule has 0 aliphatic rings. The van der Waals surface area contributed by atoms with Crippen LogP contribution in [0.25, 0.3) is 0 Å². The Morgan fingerprint density at radius 1 is 1.53 bits per heavy atom. The summed E-state index contributed by atoms with van der Waals surface area (Å²) in [5.74, 6) is -1.99. The number of aliphatic hydroxyl groups is 2. The van der Waals surface area contributed by atoms with Gasteiger partial charge in [0, 0.05) is 6.54 Å². The molecule has 0 aliphatic carbocycles. The van der Waals surface area contributed by atoms with Crippen molar-refractivity contribution in [3.8, 4) is 0 Å². The van der Waals surface area contributed by atoms with Crippen molar-refractivity contribution in [1.82, 2.24) is 0 Å². The van der Waals surface area contributed by atoms with Crippen molar-refractivity contribution in [2.45, 2.75) is 12.5 Å². The first-order valence-corrected chi connectivity index (χ1v) is 4.96. The highest BCUT2D eigenvalue weighted by Gasteiger charge is 2.21. The first kappa shape index (κ1) is 13.4. The molecule has 0 heterocycles. The Morgan fingerprint density at radius 2 is 2.18 bits per heavy atom. The van der Waals surface area contributed by atoms with Crippen molar-refractivity contribution < 1.29 is 24.5 Å². The van der Waals surface area contributed by atoms with Gasteiger partial charge in [-0.2, -0.15) is 0 Å². The fourth-order valence-corrected chi connectivity index (χ4v) is 1.22. The van der Waals surface area contributed by atoms with Crippen molar-refractivity contribution in [3.63, 3.8) is 0 Å². The summed E-state index contributed by atoms with van der Waals surface area (Å²) in [7, 11) is 0. The van der Waals surface area contributed by atoms with E-state index in [1.807, 2.05) is 0 Å². The van der Waals surface area contributed by atoms with E-state index in [9.17, 15) is 14.3 Å². The molecule has 5 nitrogen and oxygen atoms in total. The zero-order chi connectivity index (χ0) is 13.1. The number of carbonyl (C=O) groups is 1. The van der Waals surface area contributed by atoms with E-state index in [1.165, 1.54) is 19.1 Å². The van der Waals surface area contributed by atoms with Crippen LogP contribution in [0, 0.1) is 5.82 Å². The number of aliphatic hydroxyl groups excluding tert-OH is 1. The molecule has 0 saturated heterocycles. The topological polar surface area (TPSA) is 89.8 Å². The molecule has 1 unspecified atom stereocenters. The molecule has 0 aliphatic heterocycles. The van der Waals surface area contributed by atoms with E-state index in [-0.39, 0.29) is 17.8 Å². The highest BCUT2D eigenvalue weighted by atomic mass is 19.1. The van der Waals surface area contributed by atoms with Crippen LogP contribution in [0.1, 0.15) is 17.3 Å². The zero-order valence-corrected chi connectivity index (χ0v) is 9.27. The first-order valence-electron chi connectivity index (χ1n) is 4.96. The van der Waals surface area contributed by atoms with E-state index in [0.29, 0.717) is 0 Å². The Morgan fingerprint density at radius 3 is 2.71 bits per heavy atom. The van der Waals surface area contributed by atoms with E-state index >= 15 is 0 Å². The van der Waals surface area contributed by atoms with E-state index in [1.54, 1.807) is 0 Å². The molecule has 94 valence electrons. The summed E-state index contributed by atoms with van der Waals surface area (Å²) in [6.45, 7) is 0.669. The van der Waals surface area contributed by atoms with E-state index in [4.69, 9.17) is 10.2 Å². The predicted octanol–water partition coefficient (Wildman–Crippen LogP) is 0.679. The van der Waals surface area contributed by atoms with Crippen LogP contribution in [0.15, 0.2) is 18.2 Å². The third-order valence-electron chi connectivity index (χ3n) is 2.23. The second kappa shape index (κ2) is 5.11. The molecular formula is C11H14FNO4. The lowest BCUT2D eigenvalue weighted by molar-refractivity contribution is 0.0131. The van der Waals surface area contributed by atoms with Gasteiger partial charge in [-0.1, -0.05) is 6.07 Å². The number of carboxylic acids is 1. The smallest absolute Gasteiger partial charge is 0.337 e. The van der Waals surface area contributed by atoms with Gasteiger partial charge >= 0.3 is 5.97 Å². The summed E-state index contributed by atoms with van der Waals surface area (Å²) < 4.78 is 13.4. The maximum Gasteiger partial charge on any atom is 0.337 e. The molecule has 1 rings (SSSR count). The van der Waals surface area contributed by atoms with Crippen LogP contribution in [-0.4, -0.2) is 40.0 Å². The molecule has 0 saturated carbocycles. The lowest BCUT2D eigenvalue weighted by Crippen LogP contribution is -2.37. The van der Waals surface area contributed by atoms with Crippen LogP contribution < -0.4 is 5.32 Å². The van der Waals surface area contributed by atoms with Crippen LogP contribution in [0.2, 0.25) is 0 Å². The van der Waals surface area contributed by atoms with Crippen LogP contribution >= 0.6 is 0 Å². The number of para-hydroxylation sites is 1. The molecule has 17 heavy (non-hydrogen) atoms. The van der Waals surface area contributed by atoms with E-state index in [2.05, 4.69) is 5.32 Å². The summed E-state index contributed by atoms with van der Waals surface area (Å²) in [5.41, 5.74) is -1.87. The molecule has 1 atom stereocenters. The van der Waals surface area contributed by atoms with Crippen molar-refractivity contribution in [2.24, 2.45) is 0 Å². The van der Waals surface area contributed by atoms with Gasteiger partial charge in [0.1, 0.15) is 11.4 Å². The maximum atomic E-state index is 13.4. The van der Waals surface area contributed by atoms with Crippen LogP contribution in [0.5, 0.6) is 0 Å². The first-order chi connectivity index (χ1) is 7.87. The lowest BCUT2D eigenvalue weighted by atomic mass is 10.1. The van der Waals surface area contributed by atoms with Gasteiger partial charge in [-0.05, 0) is 19.1 Å². The molecule has 4 N–H and O–H groups in total. The minimum Gasteiger partial charge on any atom is -0.478 e. The van der Waals surface area contributed by atoms with Crippen molar-refractivity contribution >= 4 is 11.7 Å². The van der Waals surface area contributed by atoms with Gasteiger partial charge in [0.25, 0.3) is 0 Å². The van der Waals surface area contributed by atoms with Gasteiger partial charge < -0.3 is 20.6 Å². The van der Waals surface area contributed by atoms with Crippen molar-refractivity contribution in [1.29, 1.82) is 0 Å². The Balaban J connectivity index is 2.94. The Labute approximate surface area is 97.5 Å². The average Bonchev–Trinajstić information content (AvgIpc) is 2.27. The summed E-state index contributed by atoms with van der Waals surface area (Å²) >= 11 is 0. The summed E-state index contributed by atoms with van der Waals surface area (Å²) in [6, 6.07) is 3.65. The molecule has 0 amide bonds. The molecule has 0 fully saturated rings. The minimum absolute atomic E-state index is 0.162. The fraction of sp³-hybridized carbons (Fsp3) is 0.364. The molecule has 0 spiro atoms. The third-order valence-corrected chi connectivity index (χ3v) is 2.23. The standard InChI is InChI=1S/C11H14FNO4/c1-11(17,6-14)5-13-9-7(10(15)16)3-2-4-8(9)12/h2-4,13-14,17H,5-6H2,1H3,(H,15,16). The molecule has 1 aromatic rings. The van der Waals surface area contributed by atoms with Crippen LogP contribution in [-0.2, 0) is 0 Å². The third kappa shape index (κ3) is 3.40. The second-order valence-electron chi connectivity index (χ2n) is 3.98. The van der Waals surface area contributed by atoms with E-state index in [0.717, 1.165) is 6.07 Å². The number of hydrogen-bond donors (Lipinski definition) is 4. The highest BCUT2D eigenvalue weighted by Crippen LogP contribution is 2.20. The normalized spacial score (nSPS) is 14.1. The monoisotopic (exact) mass is 243 g/mol. The largest absolute Gasteiger partial charge is 0.478 e. The predicted molar refractivity (Wildman–Crippen MR) is 59.6 cm³/mol. The lowest BCUT2D eigenvalue weighted by Gasteiger charge is -2.22. The zero-order valence-electron chi connectivity index (χ0n) is 9.27. The van der Waals surface area contributed by atoms with Crippen molar-refractivity contribution in [2.75, 3.05) is 18.5 Å². The number of halogens is 1. The molecule has 0 bridgehead atoms. The molecular weight excluding hydrogens is 229 g/mol. The SMILES string of the molecule is CC(O)(CO)CNc1c(F)cccc1C(=O)O. The summed E-state index contributed by atoms with van der Waals surface area (Å²) in [6.07, 6.45) is 0. The Bertz CT molecular complexity index is 420. The number of nitrogens with one attached hydrogen (secondary N) is 1. The van der Waals surface area contributed by atoms with Crippen LogP contribution in [0.4, 0.5) is 10.1 Å². The minimum atomic E-state index is -1.45. The van der Waals surface area contributed by atoms with Gasteiger partial charge in [-0.25, -0.2) is 9.18 Å². The summed E-state index contributed by atoms with van der Waals surface area (Å²) in [5, 5.41) is 29.7. The number of carboxylic acid groups (broad SMARTS) is 1. The number of aromatic carboxylic acids is 1. The Kier molecular flexibility index (Phi) is 4.03. The molecule has 0 aromatic heterocycles. The van der Waals surface area contributed by atoms with Crippen molar-refractivity contribution in [3.05, 3.63) is 29.6 Å². The number of benzene rings is 1. The van der Waals surface area contributed by atoms with Gasteiger partial charge in [0.15, 0.2) is 0 Å². The highest BCUT2D eigenvalue weighted by molar-refractivity contribution is 5.94. The van der Waals surface area contributed by atoms with Gasteiger partial charge in [0.05, 0.1) is 17.9 Å². The second-order valence-corrected chi connectivity index (χ2v) is 3.98. The van der Waals surface area contributed by atoms with Gasteiger partial charge in [-0.15, -0.1) is 0 Å². The average molecular weight is 243 g/mol. The summed E-state index contributed by atoms with van der Waals surface area (Å²) in [4.78, 5) is 10.8. The molecule has 1 aromatic carbocycles. The van der Waals surface area contributed by atoms with E-state index < -0.39 is 24.0 Å². The number of hydrogen-bond acceptors (Lipinski definition) is 4. The fourth-order valence-electron chi connectivity index (χ4n) is 1.22. The Hall–Kier alpha value is -1.66. The quantitative estimate of drug-likeness (QED) is 0.610. The van der Waals surface area contributed by atoms with Crippen LogP contribution in [0.3, 0.4) is 0 Å². The van der Waals surface area contributed by atoms with Gasteiger partial charge in [-0.3, -0.25) is 0 Å². The maximum absolute atomic E-state index is 13.4. The number of anilines is 1. The molecule has 6 heteroatoms. The van der Waals surface area contributed by atoms with Gasteiger partial charge in [0.2, 0.25) is 0 Å². The molecule has 0 radical (unpaired) electrons. The number of rotatable bonds is 5.